The van der Waals surface area contributed by atoms with Crippen molar-refractivity contribution in [2.24, 2.45) is 0 Å². The van der Waals surface area contributed by atoms with Crippen LogP contribution >= 0.6 is 0 Å². The summed E-state index contributed by atoms with van der Waals surface area (Å²) in [6.07, 6.45) is 3.17. The quantitative estimate of drug-likeness (QED) is 0.669. The van der Waals surface area contributed by atoms with E-state index in [0.717, 1.165) is 11.6 Å². The van der Waals surface area contributed by atoms with Crippen LogP contribution in [0.25, 0.3) is 11.1 Å². The van der Waals surface area contributed by atoms with Gasteiger partial charge in [-0.1, -0.05) is 30.3 Å². The second-order valence-electron chi connectivity index (χ2n) is 5.42. The van der Waals surface area contributed by atoms with Gasteiger partial charge in [-0.3, -0.25) is 4.98 Å². The second kappa shape index (κ2) is 7.10. The van der Waals surface area contributed by atoms with Gasteiger partial charge < -0.3 is 15.5 Å². The van der Waals surface area contributed by atoms with Gasteiger partial charge in [0.25, 0.3) is 0 Å². The lowest BCUT2D eigenvalue weighted by Gasteiger charge is -2.18. The van der Waals surface area contributed by atoms with E-state index in [9.17, 15) is 14.6 Å². The molecule has 0 saturated carbocycles. The number of phenols is 1. The number of benzene rings is 2. The Hall–Kier alpha value is -2.92. The van der Waals surface area contributed by atoms with Crippen molar-refractivity contribution in [3.8, 4) is 16.9 Å². The van der Waals surface area contributed by atoms with Crippen molar-refractivity contribution in [1.82, 2.24) is 4.98 Å². The number of aliphatic hydroxyl groups excluding tert-OH is 1. The predicted octanol–water partition coefficient (Wildman–Crippen LogP) is 3.74. The maximum atomic E-state index is 14.0. The lowest BCUT2D eigenvalue weighted by atomic mass is 10.1. The molecule has 0 bridgehead atoms. The number of phenolic OH excluding ortho intramolecular Hbond substituents is 1. The largest absolute Gasteiger partial charge is 0.508 e. The molecule has 0 aliphatic rings. The predicted molar refractivity (Wildman–Crippen MR) is 91.2 cm³/mol. The van der Waals surface area contributed by atoms with Crippen LogP contribution < -0.4 is 5.32 Å². The molecule has 1 heterocycles. The zero-order valence-electron chi connectivity index (χ0n) is 12.9. The maximum absolute atomic E-state index is 14.0. The standard InChI is InChI=1S/C19H17FN2O2/c20-18-9-16(24)6-7-17(18)14-8-15(11-21-10-14)22-19(12-23)13-4-2-1-3-5-13/h1-11,19,22-24H,12H2. The number of aromatic nitrogens is 1. The third-order valence-corrected chi connectivity index (χ3v) is 3.73. The molecule has 3 rings (SSSR count). The summed E-state index contributed by atoms with van der Waals surface area (Å²) in [5.41, 5.74) is 2.55. The van der Waals surface area contributed by atoms with Gasteiger partial charge in [-0.25, -0.2) is 4.39 Å². The number of anilines is 1. The molecule has 2 aromatic carbocycles. The number of nitrogens with zero attached hydrogens (tertiary/aromatic N) is 1. The molecule has 0 saturated heterocycles. The van der Waals surface area contributed by atoms with E-state index in [1.165, 1.54) is 12.1 Å². The normalized spacial score (nSPS) is 11.9. The van der Waals surface area contributed by atoms with Gasteiger partial charge in [0, 0.05) is 29.6 Å². The SMILES string of the molecule is OCC(Nc1cncc(-c2ccc(O)cc2F)c1)c1ccccc1. The summed E-state index contributed by atoms with van der Waals surface area (Å²) >= 11 is 0. The third kappa shape index (κ3) is 3.52. The monoisotopic (exact) mass is 324 g/mol. The molecule has 0 fully saturated rings. The summed E-state index contributed by atoms with van der Waals surface area (Å²) in [6, 6.07) is 15.0. The zero-order chi connectivity index (χ0) is 16.9. The molecule has 3 aromatic rings. The molecular weight excluding hydrogens is 307 g/mol. The Morgan fingerprint density at radius 1 is 1.04 bits per heavy atom. The molecule has 0 aliphatic heterocycles. The number of nitrogens with one attached hydrogen (secondary N) is 1. The topological polar surface area (TPSA) is 65.4 Å². The molecule has 5 heteroatoms. The van der Waals surface area contributed by atoms with Crippen LogP contribution in [0.5, 0.6) is 5.75 Å². The van der Waals surface area contributed by atoms with E-state index in [0.29, 0.717) is 16.8 Å². The zero-order valence-corrected chi connectivity index (χ0v) is 12.9. The second-order valence-corrected chi connectivity index (χ2v) is 5.42. The number of aliphatic hydroxyl groups is 1. The average molecular weight is 324 g/mol. The fourth-order valence-corrected chi connectivity index (χ4v) is 2.53. The molecule has 0 aliphatic carbocycles. The Kier molecular flexibility index (Phi) is 4.72. The fraction of sp³-hybridized carbons (Fsp3) is 0.105. The van der Waals surface area contributed by atoms with Gasteiger partial charge >= 0.3 is 0 Å². The van der Waals surface area contributed by atoms with Crippen molar-refractivity contribution in [3.63, 3.8) is 0 Å². The van der Waals surface area contributed by atoms with E-state index in [1.54, 1.807) is 18.5 Å². The van der Waals surface area contributed by atoms with Crippen molar-refractivity contribution in [1.29, 1.82) is 0 Å². The molecule has 4 nitrogen and oxygen atoms in total. The number of hydrogen-bond donors (Lipinski definition) is 3. The Balaban J connectivity index is 1.87. The molecule has 1 unspecified atom stereocenters. The van der Waals surface area contributed by atoms with Crippen LogP contribution in [0.15, 0.2) is 67.0 Å². The van der Waals surface area contributed by atoms with Gasteiger partial charge in [0.1, 0.15) is 11.6 Å². The first-order valence-electron chi connectivity index (χ1n) is 7.53. The molecule has 122 valence electrons. The van der Waals surface area contributed by atoms with Gasteiger partial charge in [0.15, 0.2) is 0 Å². The van der Waals surface area contributed by atoms with Crippen molar-refractivity contribution in [2.75, 3.05) is 11.9 Å². The highest BCUT2D eigenvalue weighted by Gasteiger charge is 2.12. The minimum absolute atomic E-state index is 0.0815. The summed E-state index contributed by atoms with van der Waals surface area (Å²) < 4.78 is 14.0. The van der Waals surface area contributed by atoms with Gasteiger partial charge in [-0.15, -0.1) is 0 Å². The first kappa shape index (κ1) is 16.0. The molecule has 3 N–H and O–H groups in total. The minimum Gasteiger partial charge on any atom is -0.508 e. The smallest absolute Gasteiger partial charge is 0.134 e. The Morgan fingerprint density at radius 3 is 2.54 bits per heavy atom. The van der Waals surface area contributed by atoms with Gasteiger partial charge in [-0.05, 0) is 23.8 Å². The lowest BCUT2D eigenvalue weighted by molar-refractivity contribution is 0.276. The Bertz CT molecular complexity index is 825. The average Bonchev–Trinajstić information content (AvgIpc) is 2.60. The molecule has 1 atom stereocenters. The van der Waals surface area contributed by atoms with Crippen molar-refractivity contribution >= 4 is 5.69 Å². The van der Waals surface area contributed by atoms with Crippen LogP contribution in [0, 0.1) is 5.82 Å². The summed E-state index contributed by atoms with van der Waals surface area (Å²) in [6.45, 7) is -0.0815. The first-order chi connectivity index (χ1) is 11.7. The highest BCUT2D eigenvalue weighted by Crippen LogP contribution is 2.28. The van der Waals surface area contributed by atoms with E-state index in [4.69, 9.17) is 0 Å². The fourth-order valence-electron chi connectivity index (χ4n) is 2.53. The van der Waals surface area contributed by atoms with Crippen LogP contribution in [0.2, 0.25) is 0 Å². The van der Waals surface area contributed by atoms with Gasteiger partial charge in [0.2, 0.25) is 0 Å². The Morgan fingerprint density at radius 2 is 1.83 bits per heavy atom. The number of pyridine rings is 1. The van der Waals surface area contributed by atoms with E-state index >= 15 is 0 Å². The first-order valence-corrected chi connectivity index (χ1v) is 7.53. The molecule has 0 amide bonds. The summed E-state index contributed by atoms with van der Waals surface area (Å²) in [5, 5.41) is 22.2. The van der Waals surface area contributed by atoms with Crippen LogP contribution in [-0.2, 0) is 0 Å². The third-order valence-electron chi connectivity index (χ3n) is 3.73. The minimum atomic E-state index is -0.518. The molecule has 24 heavy (non-hydrogen) atoms. The van der Waals surface area contributed by atoms with Gasteiger partial charge in [0.05, 0.1) is 18.3 Å². The van der Waals surface area contributed by atoms with Crippen LogP contribution in [0.3, 0.4) is 0 Å². The lowest BCUT2D eigenvalue weighted by Crippen LogP contribution is -2.14. The van der Waals surface area contributed by atoms with Crippen molar-refractivity contribution in [2.45, 2.75) is 6.04 Å². The van der Waals surface area contributed by atoms with Crippen LogP contribution in [0.4, 0.5) is 10.1 Å². The van der Waals surface area contributed by atoms with Crippen molar-refractivity contribution < 1.29 is 14.6 Å². The number of rotatable bonds is 5. The number of hydrogen-bond acceptors (Lipinski definition) is 4. The molecule has 1 aromatic heterocycles. The Labute approximate surface area is 139 Å². The molecular formula is C19H17FN2O2. The highest BCUT2D eigenvalue weighted by atomic mass is 19.1. The van der Waals surface area contributed by atoms with E-state index in [2.05, 4.69) is 10.3 Å². The van der Waals surface area contributed by atoms with E-state index in [1.807, 2.05) is 30.3 Å². The maximum Gasteiger partial charge on any atom is 0.134 e. The van der Waals surface area contributed by atoms with E-state index < -0.39 is 5.82 Å². The summed E-state index contributed by atoms with van der Waals surface area (Å²) in [5.74, 6) is -0.640. The van der Waals surface area contributed by atoms with Crippen LogP contribution in [-0.4, -0.2) is 21.8 Å². The van der Waals surface area contributed by atoms with Gasteiger partial charge in [-0.2, -0.15) is 0 Å². The molecule has 0 radical (unpaired) electrons. The summed E-state index contributed by atoms with van der Waals surface area (Å²) in [7, 11) is 0. The highest BCUT2D eigenvalue weighted by molar-refractivity contribution is 5.68. The number of aromatic hydroxyl groups is 1. The number of halogens is 1. The summed E-state index contributed by atoms with van der Waals surface area (Å²) in [4.78, 5) is 4.13. The van der Waals surface area contributed by atoms with Crippen LogP contribution in [0.1, 0.15) is 11.6 Å². The molecule has 0 spiro atoms. The van der Waals surface area contributed by atoms with E-state index in [-0.39, 0.29) is 18.4 Å². The van der Waals surface area contributed by atoms with Crippen molar-refractivity contribution in [3.05, 3.63) is 78.4 Å².